The second-order valence-electron chi connectivity index (χ2n) is 3.13. The lowest BCUT2D eigenvalue weighted by molar-refractivity contribution is 0.389. The van der Waals surface area contributed by atoms with Gasteiger partial charge in [0.2, 0.25) is 0 Å². The number of imidazole rings is 1. The summed E-state index contributed by atoms with van der Waals surface area (Å²) in [6.07, 6.45) is 6.18. The second-order valence-corrected chi connectivity index (χ2v) is 3.13. The third-order valence-electron chi connectivity index (χ3n) is 2.38. The number of nitrogens with zero attached hydrogens (tertiary/aromatic N) is 2. The summed E-state index contributed by atoms with van der Waals surface area (Å²) < 4.78 is 2.21. The van der Waals surface area contributed by atoms with E-state index < -0.39 is 0 Å². The maximum Gasteiger partial charge on any atom is 0.108 e. The van der Waals surface area contributed by atoms with E-state index in [0.717, 1.165) is 19.5 Å². The molecule has 2 heterocycles. The van der Waals surface area contributed by atoms with Gasteiger partial charge in [0.15, 0.2) is 0 Å². The standard InChI is InChI=1S/C8H13N3/c9-6-7-1-3-11-4-2-10-8(11)5-7/h2,4,7H,1,3,5-6,9H2. The Morgan fingerprint density at radius 1 is 1.73 bits per heavy atom. The first-order valence-electron chi connectivity index (χ1n) is 4.10. The van der Waals surface area contributed by atoms with E-state index in [1.807, 2.05) is 12.4 Å². The number of hydrogen-bond acceptors (Lipinski definition) is 2. The van der Waals surface area contributed by atoms with Crippen LogP contribution in [0.2, 0.25) is 0 Å². The van der Waals surface area contributed by atoms with Gasteiger partial charge in [0, 0.05) is 25.4 Å². The molecule has 1 unspecified atom stereocenters. The first-order chi connectivity index (χ1) is 5.40. The molecule has 0 amide bonds. The van der Waals surface area contributed by atoms with Gasteiger partial charge in [-0.25, -0.2) is 4.98 Å². The molecular weight excluding hydrogens is 138 g/mol. The van der Waals surface area contributed by atoms with E-state index >= 15 is 0 Å². The fourth-order valence-corrected chi connectivity index (χ4v) is 1.62. The van der Waals surface area contributed by atoms with Crippen LogP contribution in [0.15, 0.2) is 12.4 Å². The van der Waals surface area contributed by atoms with Crippen molar-refractivity contribution in [2.24, 2.45) is 11.7 Å². The van der Waals surface area contributed by atoms with Crippen LogP contribution < -0.4 is 5.73 Å². The molecule has 0 bridgehead atoms. The molecule has 0 spiro atoms. The quantitative estimate of drug-likeness (QED) is 0.631. The normalized spacial score (nSPS) is 23.2. The molecule has 11 heavy (non-hydrogen) atoms. The van der Waals surface area contributed by atoms with Gasteiger partial charge in [0.05, 0.1) is 0 Å². The Balaban J connectivity index is 2.18. The number of nitrogens with two attached hydrogens (primary N) is 1. The second kappa shape index (κ2) is 2.66. The van der Waals surface area contributed by atoms with Crippen molar-refractivity contribution in [3.05, 3.63) is 18.2 Å². The first kappa shape index (κ1) is 6.85. The maximum absolute atomic E-state index is 5.59. The summed E-state index contributed by atoms with van der Waals surface area (Å²) in [6.45, 7) is 1.89. The zero-order valence-corrected chi connectivity index (χ0v) is 6.53. The van der Waals surface area contributed by atoms with Crippen molar-refractivity contribution in [2.45, 2.75) is 19.4 Å². The molecule has 3 nitrogen and oxygen atoms in total. The van der Waals surface area contributed by atoms with Crippen molar-refractivity contribution in [3.8, 4) is 0 Å². The summed E-state index contributed by atoms with van der Waals surface area (Å²) in [5.74, 6) is 1.86. The highest BCUT2D eigenvalue weighted by Crippen LogP contribution is 2.17. The molecule has 1 aliphatic rings. The largest absolute Gasteiger partial charge is 0.335 e. The molecule has 0 fully saturated rings. The van der Waals surface area contributed by atoms with E-state index in [1.54, 1.807) is 0 Å². The van der Waals surface area contributed by atoms with Crippen molar-refractivity contribution in [1.82, 2.24) is 9.55 Å². The van der Waals surface area contributed by atoms with Gasteiger partial charge in [-0.3, -0.25) is 0 Å². The van der Waals surface area contributed by atoms with Gasteiger partial charge in [0.1, 0.15) is 5.82 Å². The number of aromatic nitrogens is 2. The third kappa shape index (κ3) is 1.16. The lowest BCUT2D eigenvalue weighted by Gasteiger charge is -2.21. The number of fused-ring (bicyclic) bond motifs is 1. The van der Waals surface area contributed by atoms with Crippen molar-refractivity contribution in [2.75, 3.05) is 6.54 Å². The predicted molar refractivity (Wildman–Crippen MR) is 43.1 cm³/mol. The van der Waals surface area contributed by atoms with Gasteiger partial charge in [-0.2, -0.15) is 0 Å². The van der Waals surface area contributed by atoms with Gasteiger partial charge in [-0.15, -0.1) is 0 Å². The summed E-state index contributed by atoms with van der Waals surface area (Å²) in [6, 6.07) is 0. The lowest BCUT2D eigenvalue weighted by Crippen LogP contribution is -2.25. The van der Waals surface area contributed by atoms with Gasteiger partial charge >= 0.3 is 0 Å². The van der Waals surface area contributed by atoms with E-state index in [4.69, 9.17) is 5.73 Å². The van der Waals surface area contributed by atoms with Gasteiger partial charge in [0.25, 0.3) is 0 Å². The summed E-state index contributed by atoms with van der Waals surface area (Å²) in [5, 5.41) is 0. The van der Waals surface area contributed by atoms with Crippen LogP contribution in [-0.4, -0.2) is 16.1 Å². The third-order valence-corrected chi connectivity index (χ3v) is 2.38. The van der Waals surface area contributed by atoms with Crippen LogP contribution in [0.1, 0.15) is 12.2 Å². The van der Waals surface area contributed by atoms with E-state index in [1.165, 1.54) is 12.2 Å². The molecule has 0 saturated heterocycles. The van der Waals surface area contributed by atoms with Crippen LogP contribution in [0.5, 0.6) is 0 Å². The number of aryl methyl sites for hydroxylation is 1. The van der Waals surface area contributed by atoms with Crippen molar-refractivity contribution < 1.29 is 0 Å². The van der Waals surface area contributed by atoms with Crippen LogP contribution in [0.3, 0.4) is 0 Å². The monoisotopic (exact) mass is 151 g/mol. The molecule has 3 heteroatoms. The molecule has 2 N–H and O–H groups in total. The Kier molecular flexibility index (Phi) is 1.66. The van der Waals surface area contributed by atoms with Crippen LogP contribution in [0.4, 0.5) is 0 Å². The smallest absolute Gasteiger partial charge is 0.108 e. The van der Waals surface area contributed by atoms with Crippen LogP contribution in [-0.2, 0) is 13.0 Å². The average molecular weight is 151 g/mol. The Morgan fingerprint density at radius 2 is 2.64 bits per heavy atom. The molecule has 0 saturated carbocycles. The molecule has 0 aliphatic carbocycles. The molecule has 0 aromatic carbocycles. The van der Waals surface area contributed by atoms with Crippen LogP contribution in [0, 0.1) is 5.92 Å². The molecule has 1 aromatic rings. The zero-order valence-electron chi connectivity index (χ0n) is 6.53. The van der Waals surface area contributed by atoms with Crippen LogP contribution in [0.25, 0.3) is 0 Å². The summed E-state index contributed by atoms with van der Waals surface area (Å²) >= 11 is 0. The van der Waals surface area contributed by atoms with Gasteiger partial charge < -0.3 is 10.3 Å². The molecule has 1 aliphatic heterocycles. The van der Waals surface area contributed by atoms with E-state index in [-0.39, 0.29) is 0 Å². The number of rotatable bonds is 1. The Hall–Kier alpha value is -0.830. The van der Waals surface area contributed by atoms with Gasteiger partial charge in [-0.1, -0.05) is 0 Å². The number of hydrogen-bond donors (Lipinski definition) is 1. The first-order valence-corrected chi connectivity index (χ1v) is 4.10. The Morgan fingerprint density at radius 3 is 3.45 bits per heavy atom. The minimum Gasteiger partial charge on any atom is -0.335 e. The molecule has 0 radical (unpaired) electrons. The highest BCUT2D eigenvalue weighted by atomic mass is 15.1. The summed E-state index contributed by atoms with van der Waals surface area (Å²) in [7, 11) is 0. The van der Waals surface area contributed by atoms with Crippen molar-refractivity contribution in [1.29, 1.82) is 0 Å². The Labute approximate surface area is 66.2 Å². The SMILES string of the molecule is NCC1CCn2ccnc2C1. The fraction of sp³-hybridized carbons (Fsp3) is 0.625. The molecule has 60 valence electrons. The zero-order chi connectivity index (χ0) is 7.68. The van der Waals surface area contributed by atoms with Crippen molar-refractivity contribution in [3.63, 3.8) is 0 Å². The minimum atomic E-state index is 0.657. The topological polar surface area (TPSA) is 43.8 Å². The van der Waals surface area contributed by atoms with E-state index in [9.17, 15) is 0 Å². The van der Waals surface area contributed by atoms with Gasteiger partial charge in [-0.05, 0) is 18.9 Å². The van der Waals surface area contributed by atoms with Crippen molar-refractivity contribution >= 4 is 0 Å². The van der Waals surface area contributed by atoms with E-state index in [2.05, 4.69) is 9.55 Å². The highest BCUT2D eigenvalue weighted by molar-refractivity contribution is 4.97. The van der Waals surface area contributed by atoms with Crippen LogP contribution >= 0.6 is 0 Å². The molecular formula is C8H13N3. The molecule has 1 aromatic heterocycles. The molecule has 2 rings (SSSR count). The summed E-state index contributed by atoms with van der Waals surface area (Å²) in [5.41, 5.74) is 5.59. The summed E-state index contributed by atoms with van der Waals surface area (Å²) in [4.78, 5) is 4.26. The fourth-order valence-electron chi connectivity index (χ4n) is 1.62. The average Bonchev–Trinajstić information content (AvgIpc) is 2.50. The van der Waals surface area contributed by atoms with E-state index in [0.29, 0.717) is 5.92 Å². The molecule has 1 atom stereocenters. The highest BCUT2D eigenvalue weighted by Gasteiger charge is 2.16. The predicted octanol–water partition coefficient (Wildman–Crippen LogP) is 0.404. The maximum atomic E-state index is 5.59. The minimum absolute atomic E-state index is 0.657. The Bertz CT molecular complexity index is 241. The lowest BCUT2D eigenvalue weighted by atomic mass is 9.98.